The van der Waals surface area contributed by atoms with E-state index in [0.29, 0.717) is 11.4 Å². The highest BCUT2D eigenvalue weighted by molar-refractivity contribution is 5.84. The summed E-state index contributed by atoms with van der Waals surface area (Å²) in [7, 11) is 0. The van der Waals surface area contributed by atoms with Gasteiger partial charge in [-0.1, -0.05) is 0 Å². The van der Waals surface area contributed by atoms with Gasteiger partial charge in [0.05, 0.1) is 4.92 Å². The van der Waals surface area contributed by atoms with E-state index in [4.69, 9.17) is 0 Å². The minimum Gasteiger partial charge on any atom is -0.359 e. The fourth-order valence-electron chi connectivity index (χ4n) is 1.52. The van der Waals surface area contributed by atoms with E-state index in [9.17, 15) is 14.9 Å². The van der Waals surface area contributed by atoms with Crippen molar-refractivity contribution in [2.24, 2.45) is 0 Å². The minimum absolute atomic E-state index is 0.0372. The molecule has 7 heteroatoms. The van der Waals surface area contributed by atoms with E-state index in [1.54, 1.807) is 19.9 Å². The minimum atomic E-state index is -0.485. The zero-order chi connectivity index (χ0) is 14.6. The zero-order valence-corrected chi connectivity index (χ0v) is 11.4. The maximum absolute atomic E-state index is 11.7. The monoisotopic (exact) mass is 266 g/mol. The van der Waals surface area contributed by atoms with E-state index in [-0.39, 0.29) is 17.6 Å². The number of rotatable bonds is 5. The Labute approximate surface area is 111 Å². The SMILES string of the molecule is Cc1cc(NC(C)C(=O)NC(C)C)ncc1[N+](=O)[O-]. The second-order valence-electron chi connectivity index (χ2n) is 4.64. The first-order chi connectivity index (χ1) is 8.81. The average molecular weight is 266 g/mol. The molecule has 0 fully saturated rings. The normalized spacial score (nSPS) is 12.1. The third-order valence-electron chi connectivity index (χ3n) is 2.47. The number of carbonyl (C=O) groups excluding carboxylic acids is 1. The molecular weight excluding hydrogens is 248 g/mol. The molecule has 0 radical (unpaired) electrons. The Morgan fingerprint density at radius 1 is 1.42 bits per heavy atom. The molecule has 1 unspecified atom stereocenters. The number of carbonyl (C=O) groups is 1. The van der Waals surface area contributed by atoms with Crippen molar-refractivity contribution in [2.45, 2.75) is 39.8 Å². The summed E-state index contributed by atoms with van der Waals surface area (Å²) in [6.07, 6.45) is 1.19. The van der Waals surface area contributed by atoms with Gasteiger partial charge in [-0.2, -0.15) is 0 Å². The largest absolute Gasteiger partial charge is 0.359 e. The molecular formula is C12H18N4O3. The van der Waals surface area contributed by atoms with E-state index in [1.165, 1.54) is 6.20 Å². The molecule has 0 spiro atoms. The van der Waals surface area contributed by atoms with Gasteiger partial charge in [-0.3, -0.25) is 14.9 Å². The Bertz CT molecular complexity index is 488. The molecule has 0 aliphatic heterocycles. The third-order valence-corrected chi connectivity index (χ3v) is 2.47. The number of aromatic nitrogens is 1. The molecule has 1 aromatic heterocycles. The first-order valence-electron chi connectivity index (χ1n) is 5.99. The summed E-state index contributed by atoms with van der Waals surface area (Å²) in [6.45, 7) is 7.08. The number of pyridine rings is 1. The third kappa shape index (κ3) is 4.20. The predicted octanol–water partition coefficient (Wildman–Crippen LogP) is 1.62. The number of hydrogen-bond acceptors (Lipinski definition) is 5. The van der Waals surface area contributed by atoms with Crippen LogP contribution in [0, 0.1) is 17.0 Å². The van der Waals surface area contributed by atoms with Crippen molar-refractivity contribution in [3.8, 4) is 0 Å². The van der Waals surface area contributed by atoms with Crippen molar-refractivity contribution in [1.29, 1.82) is 0 Å². The Morgan fingerprint density at radius 2 is 2.05 bits per heavy atom. The zero-order valence-electron chi connectivity index (χ0n) is 11.4. The fourth-order valence-corrected chi connectivity index (χ4v) is 1.52. The van der Waals surface area contributed by atoms with E-state index < -0.39 is 11.0 Å². The van der Waals surface area contributed by atoms with Gasteiger partial charge in [0.15, 0.2) is 0 Å². The maximum Gasteiger partial charge on any atom is 0.290 e. The molecule has 1 aromatic rings. The van der Waals surface area contributed by atoms with E-state index in [0.717, 1.165) is 0 Å². The van der Waals surface area contributed by atoms with Crippen LogP contribution in [-0.2, 0) is 4.79 Å². The lowest BCUT2D eigenvalue weighted by Gasteiger charge is -2.16. The van der Waals surface area contributed by atoms with Crippen molar-refractivity contribution in [3.63, 3.8) is 0 Å². The molecule has 104 valence electrons. The molecule has 0 saturated heterocycles. The van der Waals surface area contributed by atoms with Gasteiger partial charge in [0.1, 0.15) is 18.1 Å². The van der Waals surface area contributed by atoms with Crippen LogP contribution in [0.3, 0.4) is 0 Å². The Kier molecular flexibility index (Phi) is 4.80. The first-order valence-corrected chi connectivity index (χ1v) is 5.99. The van der Waals surface area contributed by atoms with Crippen LogP contribution in [0.5, 0.6) is 0 Å². The lowest BCUT2D eigenvalue weighted by atomic mass is 10.2. The van der Waals surface area contributed by atoms with Gasteiger partial charge >= 0.3 is 0 Å². The molecule has 1 rings (SSSR count). The molecule has 0 aromatic carbocycles. The molecule has 1 atom stereocenters. The highest BCUT2D eigenvalue weighted by Gasteiger charge is 2.16. The van der Waals surface area contributed by atoms with Crippen molar-refractivity contribution < 1.29 is 9.72 Å². The van der Waals surface area contributed by atoms with Gasteiger partial charge < -0.3 is 10.6 Å². The standard InChI is InChI=1S/C12H18N4O3/c1-7(2)14-12(17)9(4)15-11-5-8(3)10(6-13-11)16(18)19/h5-7,9H,1-4H3,(H,13,15)(H,14,17). The summed E-state index contributed by atoms with van der Waals surface area (Å²) in [4.78, 5) is 25.8. The average Bonchev–Trinajstić information content (AvgIpc) is 2.27. The van der Waals surface area contributed by atoms with Crippen molar-refractivity contribution in [2.75, 3.05) is 5.32 Å². The topological polar surface area (TPSA) is 97.2 Å². The lowest BCUT2D eigenvalue weighted by Crippen LogP contribution is -2.41. The van der Waals surface area contributed by atoms with Crippen molar-refractivity contribution in [1.82, 2.24) is 10.3 Å². The number of amides is 1. The Morgan fingerprint density at radius 3 is 2.53 bits per heavy atom. The van der Waals surface area contributed by atoms with Crippen LogP contribution in [0.15, 0.2) is 12.3 Å². The van der Waals surface area contributed by atoms with Gasteiger partial charge in [-0.25, -0.2) is 4.98 Å². The van der Waals surface area contributed by atoms with Crippen molar-refractivity contribution >= 4 is 17.4 Å². The van der Waals surface area contributed by atoms with Crippen LogP contribution in [-0.4, -0.2) is 27.9 Å². The van der Waals surface area contributed by atoms with Crippen LogP contribution in [0.25, 0.3) is 0 Å². The van der Waals surface area contributed by atoms with E-state index >= 15 is 0 Å². The number of hydrogen-bond donors (Lipinski definition) is 2. The van der Waals surface area contributed by atoms with Gasteiger partial charge in [-0.05, 0) is 33.8 Å². The number of anilines is 1. The Hall–Kier alpha value is -2.18. The summed E-state index contributed by atoms with van der Waals surface area (Å²) >= 11 is 0. The summed E-state index contributed by atoms with van der Waals surface area (Å²) in [5.41, 5.74) is 0.462. The van der Waals surface area contributed by atoms with Gasteiger partial charge in [0, 0.05) is 11.6 Å². The lowest BCUT2D eigenvalue weighted by molar-refractivity contribution is -0.385. The maximum atomic E-state index is 11.7. The predicted molar refractivity (Wildman–Crippen MR) is 72.0 cm³/mol. The van der Waals surface area contributed by atoms with E-state index in [2.05, 4.69) is 15.6 Å². The highest BCUT2D eigenvalue weighted by atomic mass is 16.6. The van der Waals surface area contributed by atoms with Gasteiger partial charge in [0.25, 0.3) is 5.69 Å². The van der Waals surface area contributed by atoms with Crippen LogP contribution in [0.2, 0.25) is 0 Å². The molecule has 0 aliphatic rings. The smallest absolute Gasteiger partial charge is 0.290 e. The second kappa shape index (κ2) is 6.12. The molecule has 0 saturated carbocycles. The number of nitro groups is 1. The molecule has 1 heterocycles. The number of nitrogens with zero attached hydrogens (tertiary/aromatic N) is 2. The fraction of sp³-hybridized carbons (Fsp3) is 0.500. The quantitative estimate of drug-likeness (QED) is 0.623. The molecule has 0 bridgehead atoms. The summed E-state index contributed by atoms with van der Waals surface area (Å²) in [6, 6.07) is 1.15. The van der Waals surface area contributed by atoms with Crippen LogP contribution < -0.4 is 10.6 Å². The first kappa shape index (κ1) is 14.9. The number of nitrogens with one attached hydrogen (secondary N) is 2. The summed E-state index contributed by atoms with van der Waals surface area (Å²) < 4.78 is 0. The van der Waals surface area contributed by atoms with E-state index in [1.807, 2.05) is 13.8 Å². The molecule has 2 N–H and O–H groups in total. The van der Waals surface area contributed by atoms with Crippen LogP contribution >= 0.6 is 0 Å². The van der Waals surface area contributed by atoms with Crippen LogP contribution in [0.4, 0.5) is 11.5 Å². The Balaban J connectivity index is 2.75. The van der Waals surface area contributed by atoms with Crippen LogP contribution in [0.1, 0.15) is 26.3 Å². The molecule has 19 heavy (non-hydrogen) atoms. The van der Waals surface area contributed by atoms with Crippen molar-refractivity contribution in [3.05, 3.63) is 27.9 Å². The summed E-state index contributed by atoms with van der Waals surface area (Å²) in [5, 5.41) is 16.3. The summed E-state index contributed by atoms with van der Waals surface area (Å²) in [5.74, 6) is 0.294. The molecule has 0 aliphatic carbocycles. The second-order valence-corrected chi connectivity index (χ2v) is 4.64. The highest BCUT2D eigenvalue weighted by Crippen LogP contribution is 2.19. The van der Waals surface area contributed by atoms with Gasteiger partial charge in [-0.15, -0.1) is 0 Å². The molecule has 1 amide bonds. The van der Waals surface area contributed by atoms with Gasteiger partial charge in [0.2, 0.25) is 5.91 Å². The molecule has 7 nitrogen and oxygen atoms in total. The number of aryl methyl sites for hydroxylation is 1.